The highest BCUT2D eigenvalue weighted by Crippen LogP contribution is 2.27. The number of carbonyl (C=O) groups excluding carboxylic acids is 1. The van der Waals surface area contributed by atoms with Gasteiger partial charge in [-0.2, -0.15) is 0 Å². The molecule has 1 aliphatic carbocycles. The van der Waals surface area contributed by atoms with Gasteiger partial charge in [-0.3, -0.25) is 4.79 Å². The molecule has 1 aromatic heterocycles. The number of hydrogen-bond donors (Lipinski definition) is 2. The van der Waals surface area contributed by atoms with E-state index in [9.17, 15) is 4.79 Å². The molecule has 0 saturated carbocycles. The molecule has 1 aliphatic heterocycles. The van der Waals surface area contributed by atoms with Crippen molar-refractivity contribution in [1.82, 2.24) is 10.3 Å². The number of nitrogens with one attached hydrogen (secondary N) is 1. The number of fused-ring (bicyclic) bond motifs is 1. The Morgan fingerprint density at radius 1 is 1.40 bits per heavy atom. The van der Waals surface area contributed by atoms with Crippen molar-refractivity contribution >= 4 is 5.91 Å². The van der Waals surface area contributed by atoms with Gasteiger partial charge in [-0.15, -0.1) is 0 Å². The van der Waals surface area contributed by atoms with Crippen LogP contribution in [-0.4, -0.2) is 30.6 Å². The quantitative estimate of drug-likeness (QED) is 0.861. The number of carbonyl (C=O) groups is 1. The third-order valence-electron chi connectivity index (χ3n) is 4.20. The van der Waals surface area contributed by atoms with Gasteiger partial charge >= 0.3 is 0 Å². The van der Waals surface area contributed by atoms with E-state index >= 15 is 0 Å². The SMILES string of the molecule is NC(=O)c1cc2c(nc1OCC1CCNCC1)CCC2. The number of aromatic nitrogens is 1. The molecule has 3 N–H and O–H groups in total. The maximum Gasteiger partial charge on any atom is 0.254 e. The van der Waals surface area contributed by atoms with Crippen molar-refractivity contribution in [3.05, 3.63) is 22.9 Å². The molecule has 1 saturated heterocycles. The second-order valence-electron chi connectivity index (χ2n) is 5.67. The molecule has 2 heterocycles. The smallest absolute Gasteiger partial charge is 0.254 e. The number of aryl methyl sites for hydroxylation is 2. The lowest BCUT2D eigenvalue weighted by Gasteiger charge is -2.22. The Morgan fingerprint density at radius 3 is 2.95 bits per heavy atom. The predicted molar refractivity (Wildman–Crippen MR) is 75.9 cm³/mol. The summed E-state index contributed by atoms with van der Waals surface area (Å²) in [6.45, 7) is 2.69. The Bertz CT molecular complexity index is 510. The maximum absolute atomic E-state index is 11.6. The van der Waals surface area contributed by atoms with Crippen LogP contribution in [0.3, 0.4) is 0 Å². The van der Waals surface area contributed by atoms with Gasteiger partial charge in [-0.05, 0) is 62.7 Å². The Balaban J connectivity index is 1.75. The topological polar surface area (TPSA) is 77.2 Å². The van der Waals surface area contributed by atoms with Gasteiger partial charge in [0.1, 0.15) is 5.56 Å². The van der Waals surface area contributed by atoms with E-state index in [2.05, 4.69) is 10.3 Å². The summed E-state index contributed by atoms with van der Waals surface area (Å²) >= 11 is 0. The molecule has 1 aromatic rings. The third-order valence-corrected chi connectivity index (χ3v) is 4.20. The second kappa shape index (κ2) is 5.79. The van der Waals surface area contributed by atoms with Gasteiger partial charge in [-0.1, -0.05) is 0 Å². The van der Waals surface area contributed by atoms with Crippen molar-refractivity contribution in [1.29, 1.82) is 0 Å². The van der Waals surface area contributed by atoms with E-state index in [1.165, 1.54) is 0 Å². The van der Waals surface area contributed by atoms with E-state index in [1.807, 2.05) is 6.07 Å². The number of nitrogens with zero attached hydrogens (tertiary/aromatic N) is 1. The summed E-state index contributed by atoms with van der Waals surface area (Å²) < 4.78 is 5.82. The highest BCUT2D eigenvalue weighted by Gasteiger charge is 2.21. The fourth-order valence-corrected chi connectivity index (χ4v) is 2.98. The molecule has 0 unspecified atom stereocenters. The molecule has 1 fully saturated rings. The predicted octanol–water partition coefficient (Wildman–Crippen LogP) is 1.05. The fourth-order valence-electron chi connectivity index (χ4n) is 2.98. The molecular weight excluding hydrogens is 254 g/mol. The number of hydrogen-bond acceptors (Lipinski definition) is 4. The first kappa shape index (κ1) is 13.4. The van der Waals surface area contributed by atoms with Crippen LogP contribution in [0.5, 0.6) is 5.88 Å². The first-order chi connectivity index (χ1) is 9.74. The average Bonchev–Trinajstić information content (AvgIpc) is 2.92. The zero-order valence-electron chi connectivity index (χ0n) is 11.7. The van der Waals surface area contributed by atoms with Crippen LogP contribution in [0.1, 0.15) is 40.9 Å². The van der Waals surface area contributed by atoms with Gasteiger partial charge in [0.25, 0.3) is 5.91 Å². The van der Waals surface area contributed by atoms with E-state index in [-0.39, 0.29) is 0 Å². The summed E-state index contributed by atoms with van der Waals surface area (Å²) in [6, 6.07) is 1.87. The van der Waals surface area contributed by atoms with Crippen LogP contribution in [0.15, 0.2) is 6.07 Å². The van der Waals surface area contributed by atoms with Gasteiger partial charge in [-0.25, -0.2) is 4.98 Å². The molecule has 0 bridgehead atoms. The number of rotatable bonds is 4. The Kier molecular flexibility index (Phi) is 3.87. The van der Waals surface area contributed by atoms with Crippen molar-refractivity contribution in [3.63, 3.8) is 0 Å². The highest BCUT2D eigenvalue weighted by molar-refractivity contribution is 5.95. The summed E-state index contributed by atoms with van der Waals surface area (Å²) in [6.07, 6.45) is 5.27. The largest absolute Gasteiger partial charge is 0.477 e. The number of amides is 1. The first-order valence-corrected chi connectivity index (χ1v) is 7.40. The van der Waals surface area contributed by atoms with Gasteiger partial charge in [0, 0.05) is 5.69 Å². The average molecular weight is 275 g/mol. The number of pyridine rings is 1. The van der Waals surface area contributed by atoms with Crippen molar-refractivity contribution in [2.75, 3.05) is 19.7 Å². The van der Waals surface area contributed by atoms with Crippen LogP contribution in [0.25, 0.3) is 0 Å². The summed E-state index contributed by atoms with van der Waals surface area (Å²) in [5.41, 5.74) is 8.09. The van der Waals surface area contributed by atoms with Crippen LogP contribution >= 0.6 is 0 Å². The zero-order chi connectivity index (χ0) is 13.9. The summed E-state index contributed by atoms with van der Waals surface area (Å²) in [7, 11) is 0. The van der Waals surface area contributed by atoms with E-state index < -0.39 is 5.91 Å². The molecule has 3 rings (SSSR count). The lowest BCUT2D eigenvalue weighted by molar-refractivity contribution is 0.0993. The van der Waals surface area contributed by atoms with Crippen molar-refractivity contribution in [3.8, 4) is 5.88 Å². The molecule has 1 amide bonds. The monoisotopic (exact) mass is 275 g/mol. The minimum absolute atomic E-state index is 0.427. The second-order valence-corrected chi connectivity index (χ2v) is 5.67. The van der Waals surface area contributed by atoms with E-state index in [0.29, 0.717) is 24.0 Å². The zero-order valence-corrected chi connectivity index (χ0v) is 11.7. The Hall–Kier alpha value is -1.62. The van der Waals surface area contributed by atoms with Gasteiger partial charge in [0.05, 0.1) is 6.61 Å². The van der Waals surface area contributed by atoms with Gasteiger partial charge < -0.3 is 15.8 Å². The van der Waals surface area contributed by atoms with Crippen LogP contribution in [0.2, 0.25) is 0 Å². The van der Waals surface area contributed by atoms with Crippen LogP contribution in [-0.2, 0) is 12.8 Å². The molecule has 2 aliphatic rings. The molecule has 0 radical (unpaired) electrons. The van der Waals surface area contributed by atoms with Gasteiger partial charge in [0.15, 0.2) is 0 Å². The lowest BCUT2D eigenvalue weighted by Crippen LogP contribution is -2.31. The number of piperidine rings is 1. The summed E-state index contributed by atoms with van der Waals surface area (Å²) in [4.78, 5) is 16.1. The molecule has 0 aromatic carbocycles. The van der Waals surface area contributed by atoms with Gasteiger partial charge in [0.2, 0.25) is 5.88 Å². The molecule has 0 atom stereocenters. The van der Waals surface area contributed by atoms with Crippen LogP contribution in [0.4, 0.5) is 0 Å². The highest BCUT2D eigenvalue weighted by atomic mass is 16.5. The molecular formula is C15H21N3O2. The van der Waals surface area contributed by atoms with Crippen molar-refractivity contribution < 1.29 is 9.53 Å². The van der Waals surface area contributed by atoms with Crippen molar-refractivity contribution in [2.45, 2.75) is 32.1 Å². The van der Waals surface area contributed by atoms with Crippen LogP contribution < -0.4 is 15.8 Å². The van der Waals surface area contributed by atoms with Crippen molar-refractivity contribution in [2.24, 2.45) is 11.7 Å². The summed E-state index contributed by atoms with van der Waals surface area (Å²) in [5, 5.41) is 3.33. The summed E-state index contributed by atoms with van der Waals surface area (Å²) in [5.74, 6) is 0.510. The van der Waals surface area contributed by atoms with E-state index in [4.69, 9.17) is 10.5 Å². The molecule has 0 spiro atoms. The Labute approximate surface area is 118 Å². The molecule has 5 nitrogen and oxygen atoms in total. The van der Waals surface area contributed by atoms with E-state index in [0.717, 1.165) is 56.5 Å². The molecule has 5 heteroatoms. The number of ether oxygens (including phenoxy) is 1. The molecule has 20 heavy (non-hydrogen) atoms. The first-order valence-electron chi connectivity index (χ1n) is 7.40. The number of primary amides is 1. The lowest BCUT2D eigenvalue weighted by atomic mass is 9.99. The normalized spacial score (nSPS) is 18.8. The maximum atomic E-state index is 11.6. The standard InChI is InChI=1S/C15H21N3O2/c16-14(19)12-8-11-2-1-3-13(11)18-15(12)20-9-10-4-6-17-7-5-10/h8,10,17H,1-7,9H2,(H2,16,19). The number of nitrogens with two attached hydrogens (primary N) is 1. The third kappa shape index (κ3) is 2.77. The fraction of sp³-hybridized carbons (Fsp3) is 0.600. The van der Waals surface area contributed by atoms with E-state index in [1.54, 1.807) is 0 Å². The molecule has 108 valence electrons. The van der Waals surface area contributed by atoms with Crippen LogP contribution in [0, 0.1) is 5.92 Å². The Morgan fingerprint density at radius 2 is 2.20 bits per heavy atom. The minimum Gasteiger partial charge on any atom is -0.477 e. The minimum atomic E-state index is -0.451.